The Kier molecular flexibility index (Phi) is 7.32. The third-order valence-corrected chi connectivity index (χ3v) is 3.33. The Morgan fingerprint density at radius 1 is 1.80 bits per heavy atom. The normalized spacial score (nSPS) is 8.00. The van der Waals surface area contributed by atoms with Crippen molar-refractivity contribution in [3.05, 3.63) is 0 Å². The number of rotatable bonds is 2. The molecule has 0 N–H and O–H groups in total. The number of thiol groups is 1. The molecule has 0 fully saturated rings. The summed E-state index contributed by atoms with van der Waals surface area (Å²) in [6.45, 7) is 0. The Morgan fingerprint density at radius 3 is 2.40 bits per heavy atom. The summed E-state index contributed by atoms with van der Waals surface area (Å²) in [7, 11) is 1.96. The van der Waals surface area contributed by atoms with E-state index in [4.69, 9.17) is 0 Å². The minimum atomic E-state index is 1.04. The van der Waals surface area contributed by atoms with Gasteiger partial charge in [0.2, 0.25) is 0 Å². The van der Waals surface area contributed by atoms with Crippen LogP contribution in [0, 0.1) is 0 Å². The first kappa shape index (κ1) is 6.57. The van der Waals surface area contributed by atoms with Gasteiger partial charge in [0.15, 0.2) is 0 Å². The molecule has 0 aromatic heterocycles. The summed E-state index contributed by atoms with van der Waals surface area (Å²) >= 11 is 5.27. The molecule has 0 bridgehead atoms. The molecule has 5 heavy (non-hydrogen) atoms. The third-order valence-electron chi connectivity index (χ3n) is 0.193. The maximum absolute atomic E-state index is 4.00. The number of hydrogen-bond acceptors (Lipinski definition) is 2. The van der Waals surface area contributed by atoms with E-state index in [1.807, 2.05) is 8.59 Å². The molecule has 0 aromatic carbocycles. The Labute approximate surface area is 55.4 Å². The summed E-state index contributed by atoms with van der Waals surface area (Å²) in [6.07, 6.45) is 0. The predicted octanol–water partition coefficient (Wildman–Crippen LogP) is 1.11. The van der Waals surface area contributed by atoms with Gasteiger partial charge in [0, 0.05) is 0 Å². The first-order valence-electron chi connectivity index (χ1n) is 1.31. The van der Waals surface area contributed by atoms with Crippen molar-refractivity contribution < 1.29 is 22.9 Å². The molecule has 0 aliphatic carbocycles. The topological polar surface area (TPSA) is 0 Å². The molecule has 0 aliphatic heterocycles. The molecule has 0 spiro atoms. The van der Waals surface area contributed by atoms with Gasteiger partial charge >= 0.3 is 55.6 Å². The van der Waals surface area contributed by atoms with Gasteiger partial charge in [-0.1, -0.05) is 0 Å². The van der Waals surface area contributed by atoms with Crippen LogP contribution in [0.4, 0.5) is 0 Å². The summed E-state index contributed by atoms with van der Waals surface area (Å²) in [5.74, 6) is 2.27. The molecule has 0 nitrogen and oxygen atoms in total. The van der Waals surface area contributed by atoms with Crippen molar-refractivity contribution in [1.29, 1.82) is 0 Å². The van der Waals surface area contributed by atoms with Crippen LogP contribution in [-0.4, -0.2) is 11.5 Å². The van der Waals surface area contributed by atoms with E-state index in [0.717, 1.165) is 5.75 Å². The second kappa shape index (κ2) is 5.57. The number of hydrogen-bond donors (Lipinski definition) is 1. The molecule has 0 aliphatic rings. The van der Waals surface area contributed by atoms with E-state index < -0.39 is 0 Å². The maximum atomic E-state index is 4.00. The van der Waals surface area contributed by atoms with Crippen molar-refractivity contribution in [2.24, 2.45) is 0 Å². The Balaban J connectivity index is 2.19. The molecule has 0 radical (unpaired) electrons. The molecular formula is C2H5HfS2. The zero-order valence-corrected chi connectivity index (χ0v) is 8.07. The van der Waals surface area contributed by atoms with Gasteiger partial charge in [-0.3, -0.25) is 0 Å². The predicted molar refractivity (Wildman–Crippen MR) is 26.3 cm³/mol. The van der Waals surface area contributed by atoms with E-state index in [2.05, 4.69) is 12.6 Å². The molecule has 0 aromatic rings. The van der Waals surface area contributed by atoms with E-state index in [0.29, 0.717) is 0 Å². The second-order valence-corrected chi connectivity index (χ2v) is 4.83. The molecule has 0 amide bonds. The molecule has 0 rings (SSSR count). The fourth-order valence-corrected chi connectivity index (χ4v) is 3.36. The molecule has 0 heterocycles. The molecule has 0 saturated carbocycles. The molecular weight excluding hydrogens is 267 g/mol. The second-order valence-electron chi connectivity index (χ2n) is 0.572. The van der Waals surface area contributed by atoms with Crippen molar-refractivity contribution >= 4 is 21.2 Å². The fourth-order valence-electron chi connectivity index (χ4n) is 0.0456. The van der Waals surface area contributed by atoms with Gasteiger partial charge in [-0.15, -0.1) is 0 Å². The van der Waals surface area contributed by atoms with E-state index in [-0.39, 0.29) is 0 Å². The molecule has 0 unspecified atom stereocenters. The van der Waals surface area contributed by atoms with Gasteiger partial charge in [0.05, 0.1) is 0 Å². The summed E-state index contributed by atoms with van der Waals surface area (Å²) in [5, 5.41) is 0. The van der Waals surface area contributed by atoms with Crippen LogP contribution in [0.5, 0.6) is 0 Å². The van der Waals surface area contributed by atoms with E-state index in [9.17, 15) is 0 Å². The van der Waals surface area contributed by atoms with Gasteiger partial charge in [-0.05, 0) is 0 Å². The van der Waals surface area contributed by atoms with Crippen molar-refractivity contribution in [3.8, 4) is 0 Å². The molecule has 0 atom stereocenters. The SMILES string of the molecule is SCC[S][Hf]. The van der Waals surface area contributed by atoms with Crippen LogP contribution >= 0.6 is 21.2 Å². The summed E-state index contributed by atoms with van der Waals surface area (Å²) in [5.41, 5.74) is 0. The average molecular weight is 272 g/mol. The van der Waals surface area contributed by atoms with Crippen LogP contribution in [-0.2, 0) is 22.9 Å². The van der Waals surface area contributed by atoms with Crippen molar-refractivity contribution in [3.63, 3.8) is 0 Å². The average Bonchev–Trinajstić information content (AvgIpc) is 1.41. The zero-order valence-electron chi connectivity index (χ0n) is 2.77. The van der Waals surface area contributed by atoms with Gasteiger partial charge in [0.1, 0.15) is 0 Å². The fraction of sp³-hybridized carbons (Fsp3) is 1.00. The Bertz CT molecular complexity index is 15.1. The van der Waals surface area contributed by atoms with E-state index in [1.165, 1.54) is 28.7 Å². The van der Waals surface area contributed by atoms with Gasteiger partial charge in [-0.2, -0.15) is 0 Å². The summed E-state index contributed by atoms with van der Waals surface area (Å²) < 4.78 is 0. The van der Waals surface area contributed by atoms with Crippen LogP contribution in [0.2, 0.25) is 0 Å². The van der Waals surface area contributed by atoms with Gasteiger partial charge in [-0.25, -0.2) is 0 Å². The molecule has 29 valence electrons. The van der Waals surface area contributed by atoms with Crippen LogP contribution < -0.4 is 0 Å². The van der Waals surface area contributed by atoms with Crippen molar-refractivity contribution in [2.45, 2.75) is 0 Å². The van der Waals surface area contributed by atoms with E-state index >= 15 is 0 Å². The van der Waals surface area contributed by atoms with Crippen molar-refractivity contribution in [1.82, 2.24) is 0 Å². The quantitative estimate of drug-likeness (QED) is 0.580. The molecule has 0 saturated heterocycles. The summed E-state index contributed by atoms with van der Waals surface area (Å²) in [6, 6.07) is 0. The van der Waals surface area contributed by atoms with Gasteiger partial charge < -0.3 is 0 Å². The van der Waals surface area contributed by atoms with Crippen LogP contribution in [0.25, 0.3) is 0 Å². The first-order chi connectivity index (χ1) is 2.41. The molecule has 3 heteroatoms. The Hall–Kier alpha value is 1.57. The summed E-state index contributed by atoms with van der Waals surface area (Å²) in [4.78, 5) is 0. The minimum absolute atomic E-state index is 1.04. The van der Waals surface area contributed by atoms with Crippen molar-refractivity contribution in [2.75, 3.05) is 11.5 Å². The first-order valence-corrected chi connectivity index (χ1v) is 7.33. The van der Waals surface area contributed by atoms with E-state index in [1.54, 1.807) is 0 Å². The Morgan fingerprint density at radius 2 is 2.40 bits per heavy atom. The van der Waals surface area contributed by atoms with Crippen LogP contribution in [0.15, 0.2) is 0 Å². The van der Waals surface area contributed by atoms with Crippen LogP contribution in [0.1, 0.15) is 0 Å². The third kappa shape index (κ3) is 5.57. The van der Waals surface area contributed by atoms with Crippen LogP contribution in [0.3, 0.4) is 0 Å². The standard InChI is InChI=1S/C2H6S2.Hf/c3-1-2-4;/h3-4H,1-2H2;/q;+1/p-1. The van der Waals surface area contributed by atoms with Gasteiger partial charge in [0.25, 0.3) is 0 Å². The monoisotopic (exact) mass is 273 g/mol. The zero-order chi connectivity index (χ0) is 4.12.